The molecule has 0 bridgehead atoms. The molecule has 1 aliphatic carbocycles. The second-order valence-corrected chi connectivity index (χ2v) is 6.56. The van der Waals surface area contributed by atoms with Crippen molar-refractivity contribution in [2.75, 3.05) is 19.6 Å². The van der Waals surface area contributed by atoms with Gasteiger partial charge in [-0.25, -0.2) is 0 Å². The van der Waals surface area contributed by atoms with Crippen LogP contribution in [0.3, 0.4) is 0 Å². The molecule has 1 aromatic heterocycles. The molecule has 2 N–H and O–H groups in total. The molecule has 1 aliphatic rings. The Morgan fingerprint density at radius 3 is 2.78 bits per heavy atom. The predicted octanol–water partition coefficient (Wildman–Crippen LogP) is 2.93. The third-order valence-corrected chi connectivity index (χ3v) is 4.78. The van der Waals surface area contributed by atoms with E-state index < -0.39 is 0 Å². The number of rotatable bonds is 7. The summed E-state index contributed by atoms with van der Waals surface area (Å²) < 4.78 is 2.00. The lowest BCUT2D eigenvalue weighted by Gasteiger charge is -2.21. The summed E-state index contributed by atoms with van der Waals surface area (Å²) in [5.41, 5.74) is 1.11. The highest BCUT2D eigenvalue weighted by molar-refractivity contribution is 5.83. The van der Waals surface area contributed by atoms with Gasteiger partial charge >= 0.3 is 0 Å². The number of para-hydroxylation sites is 1. The Balaban J connectivity index is 1.35. The Morgan fingerprint density at radius 1 is 1.09 bits per heavy atom. The van der Waals surface area contributed by atoms with Crippen LogP contribution in [0, 0.1) is 5.92 Å². The molecule has 1 amide bonds. The van der Waals surface area contributed by atoms with Crippen molar-refractivity contribution in [1.29, 1.82) is 0 Å². The molecule has 0 spiro atoms. The van der Waals surface area contributed by atoms with Crippen molar-refractivity contribution in [2.24, 2.45) is 5.92 Å². The first-order valence-electron chi connectivity index (χ1n) is 8.84. The highest BCUT2D eigenvalue weighted by Crippen LogP contribution is 2.22. The summed E-state index contributed by atoms with van der Waals surface area (Å²) in [6.45, 7) is 3.04. The van der Waals surface area contributed by atoms with Gasteiger partial charge in [0.1, 0.15) is 6.54 Å². The van der Waals surface area contributed by atoms with Crippen LogP contribution in [0.1, 0.15) is 32.1 Å². The van der Waals surface area contributed by atoms with Crippen molar-refractivity contribution in [3.63, 3.8) is 0 Å². The van der Waals surface area contributed by atoms with Gasteiger partial charge in [-0.2, -0.15) is 0 Å². The summed E-state index contributed by atoms with van der Waals surface area (Å²) in [5, 5.41) is 7.65. The van der Waals surface area contributed by atoms with Crippen LogP contribution in [-0.4, -0.2) is 30.1 Å². The van der Waals surface area contributed by atoms with Gasteiger partial charge in [0.15, 0.2) is 0 Å². The molecule has 0 aliphatic heterocycles. The fraction of sp³-hybridized carbons (Fsp3) is 0.526. The molecule has 1 aromatic carbocycles. The summed E-state index contributed by atoms with van der Waals surface area (Å²) in [4.78, 5) is 12.1. The largest absolute Gasteiger partial charge is 0.353 e. The number of amides is 1. The minimum absolute atomic E-state index is 0.0748. The van der Waals surface area contributed by atoms with E-state index in [0.717, 1.165) is 24.5 Å². The predicted molar refractivity (Wildman–Crippen MR) is 94.4 cm³/mol. The number of carbonyl (C=O) groups excluding carboxylic acids is 1. The topological polar surface area (TPSA) is 46.1 Å². The van der Waals surface area contributed by atoms with Gasteiger partial charge in [-0.05, 0) is 42.8 Å². The first-order chi connectivity index (χ1) is 11.3. The summed E-state index contributed by atoms with van der Waals surface area (Å²) in [7, 11) is 0. The van der Waals surface area contributed by atoms with Crippen LogP contribution in [0.4, 0.5) is 0 Å². The number of fused-ring (bicyclic) bond motifs is 1. The number of hydrogen-bond donors (Lipinski definition) is 2. The summed E-state index contributed by atoms with van der Waals surface area (Å²) in [6.07, 6.45) is 8.87. The Labute approximate surface area is 138 Å². The molecule has 1 heterocycles. The van der Waals surface area contributed by atoms with Gasteiger partial charge in [-0.15, -0.1) is 0 Å². The van der Waals surface area contributed by atoms with Crippen LogP contribution in [-0.2, 0) is 11.3 Å². The van der Waals surface area contributed by atoms with Gasteiger partial charge in [0, 0.05) is 24.8 Å². The standard InChI is InChI=1S/C19H27N3O/c23-19(15-22-13-10-17-8-4-5-9-18(17)22)21-12-11-20-14-16-6-2-1-3-7-16/h4-5,8-10,13,16,20H,1-3,6-7,11-12,14-15H2,(H,21,23). The van der Waals surface area contributed by atoms with Crippen molar-refractivity contribution in [2.45, 2.75) is 38.6 Å². The average molecular weight is 313 g/mol. The van der Waals surface area contributed by atoms with Gasteiger partial charge in [0.25, 0.3) is 0 Å². The minimum Gasteiger partial charge on any atom is -0.353 e. The zero-order valence-electron chi connectivity index (χ0n) is 13.8. The molecule has 4 nitrogen and oxygen atoms in total. The molecular weight excluding hydrogens is 286 g/mol. The molecule has 0 atom stereocenters. The molecular formula is C19H27N3O. The lowest BCUT2D eigenvalue weighted by molar-refractivity contribution is -0.121. The van der Waals surface area contributed by atoms with Crippen molar-refractivity contribution >= 4 is 16.8 Å². The zero-order chi connectivity index (χ0) is 15.9. The van der Waals surface area contributed by atoms with Gasteiger partial charge in [0.2, 0.25) is 5.91 Å². The smallest absolute Gasteiger partial charge is 0.239 e. The molecule has 1 saturated carbocycles. The van der Waals surface area contributed by atoms with E-state index in [2.05, 4.69) is 16.7 Å². The quantitative estimate of drug-likeness (QED) is 0.772. The lowest BCUT2D eigenvalue weighted by atomic mass is 9.89. The van der Waals surface area contributed by atoms with Gasteiger partial charge < -0.3 is 15.2 Å². The number of nitrogens with zero attached hydrogens (tertiary/aromatic N) is 1. The summed E-state index contributed by atoms with van der Waals surface area (Å²) in [6, 6.07) is 10.2. The van der Waals surface area contributed by atoms with E-state index in [1.807, 2.05) is 35.0 Å². The second kappa shape index (κ2) is 8.16. The van der Waals surface area contributed by atoms with Crippen molar-refractivity contribution in [1.82, 2.24) is 15.2 Å². The summed E-state index contributed by atoms with van der Waals surface area (Å²) >= 11 is 0. The molecule has 0 unspecified atom stereocenters. The Bertz CT molecular complexity index is 628. The first kappa shape index (κ1) is 16.1. The Kier molecular flexibility index (Phi) is 5.70. The normalized spacial score (nSPS) is 15.8. The molecule has 3 rings (SSSR count). The molecule has 124 valence electrons. The van der Waals surface area contributed by atoms with E-state index in [-0.39, 0.29) is 5.91 Å². The van der Waals surface area contributed by atoms with Crippen LogP contribution < -0.4 is 10.6 Å². The molecule has 0 saturated heterocycles. The molecule has 2 aromatic rings. The Hall–Kier alpha value is -1.81. The number of nitrogens with one attached hydrogen (secondary N) is 2. The van der Waals surface area contributed by atoms with E-state index in [1.54, 1.807) is 0 Å². The van der Waals surface area contributed by atoms with E-state index in [1.165, 1.54) is 37.5 Å². The van der Waals surface area contributed by atoms with Gasteiger partial charge in [-0.3, -0.25) is 4.79 Å². The van der Waals surface area contributed by atoms with Crippen molar-refractivity contribution in [3.05, 3.63) is 36.5 Å². The number of benzene rings is 1. The maximum Gasteiger partial charge on any atom is 0.239 e. The van der Waals surface area contributed by atoms with Crippen molar-refractivity contribution in [3.8, 4) is 0 Å². The highest BCUT2D eigenvalue weighted by Gasteiger charge is 2.12. The van der Waals surface area contributed by atoms with E-state index in [4.69, 9.17) is 0 Å². The number of hydrogen-bond acceptors (Lipinski definition) is 2. The third kappa shape index (κ3) is 4.58. The van der Waals surface area contributed by atoms with Crippen molar-refractivity contribution < 1.29 is 4.79 Å². The number of aromatic nitrogens is 1. The molecule has 0 radical (unpaired) electrons. The zero-order valence-corrected chi connectivity index (χ0v) is 13.8. The Morgan fingerprint density at radius 2 is 1.91 bits per heavy atom. The SMILES string of the molecule is O=C(Cn1ccc2ccccc21)NCCNCC1CCCCC1. The van der Waals surface area contributed by atoms with Crippen LogP contribution in [0.25, 0.3) is 10.9 Å². The maximum absolute atomic E-state index is 12.1. The second-order valence-electron chi connectivity index (χ2n) is 6.56. The monoisotopic (exact) mass is 313 g/mol. The van der Waals surface area contributed by atoms with E-state index in [0.29, 0.717) is 13.1 Å². The lowest BCUT2D eigenvalue weighted by Crippen LogP contribution is -2.35. The number of carbonyl (C=O) groups is 1. The van der Waals surface area contributed by atoms with Crippen LogP contribution in [0.2, 0.25) is 0 Å². The minimum atomic E-state index is 0.0748. The van der Waals surface area contributed by atoms with Gasteiger partial charge in [0.05, 0.1) is 0 Å². The van der Waals surface area contributed by atoms with Gasteiger partial charge in [-0.1, -0.05) is 37.5 Å². The van der Waals surface area contributed by atoms with Crippen LogP contribution in [0.15, 0.2) is 36.5 Å². The first-order valence-corrected chi connectivity index (χ1v) is 8.84. The summed E-state index contributed by atoms with van der Waals surface area (Å²) in [5.74, 6) is 0.913. The fourth-order valence-electron chi connectivity index (χ4n) is 3.48. The van der Waals surface area contributed by atoms with Crippen LogP contribution in [0.5, 0.6) is 0 Å². The average Bonchev–Trinajstić information content (AvgIpc) is 2.99. The molecule has 4 heteroatoms. The van der Waals surface area contributed by atoms with E-state index >= 15 is 0 Å². The molecule has 1 fully saturated rings. The fourth-order valence-corrected chi connectivity index (χ4v) is 3.48. The molecule has 23 heavy (non-hydrogen) atoms. The van der Waals surface area contributed by atoms with E-state index in [9.17, 15) is 4.79 Å². The van der Waals surface area contributed by atoms with Crippen LogP contribution >= 0.6 is 0 Å². The highest BCUT2D eigenvalue weighted by atomic mass is 16.1. The maximum atomic E-state index is 12.1. The third-order valence-electron chi connectivity index (χ3n) is 4.78.